The highest BCUT2D eigenvalue weighted by Crippen LogP contribution is 2.14. The average molecular weight is 296 g/mol. The number of nitrogens with zero attached hydrogens (tertiary/aromatic N) is 2. The van der Waals surface area contributed by atoms with Gasteiger partial charge in [0, 0.05) is 43.8 Å². The van der Waals surface area contributed by atoms with E-state index in [1.54, 1.807) is 0 Å². The summed E-state index contributed by atoms with van der Waals surface area (Å²) in [5.74, 6) is -0.0119. The summed E-state index contributed by atoms with van der Waals surface area (Å²) < 4.78 is 5.31. The third-order valence-electron chi connectivity index (χ3n) is 3.19. The number of ether oxygens (including phenoxy) is 1. The van der Waals surface area contributed by atoms with Crippen molar-refractivity contribution in [1.82, 2.24) is 4.90 Å². The minimum absolute atomic E-state index is 0.00681. The van der Waals surface area contributed by atoms with Crippen molar-refractivity contribution in [2.24, 2.45) is 0 Å². The van der Waals surface area contributed by atoms with Crippen LogP contribution in [0.15, 0.2) is 24.3 Å². The van der Waals surface area contributed by atoms with E-state index < -0.39 is 4.92 Å². The SMILES string of the molecule is O=C(CCN1CCOC(S)C1)c1ccc([N+](=O)[O-])cc1. The molecule has 1 aromatic carbocycles. The number of morpholine rings is 1. The minimum Gasteiger partial charge on any atom is -0.365 e. The van der Waals surface area contributed by atoms with Crippen molar-refractivity contribution in [3.8, 4) is 0 Å². The van der Waals surface area contributed by atoms with Crippen LogP contribution in [0, 0.1) is 10.1 Å². The molecular formula is C13H16N2O4S. The zero-order valence-corrected chi connectivity index (χ0v) is 11.8. The maximum atomic E-state index is 12.0. The molecule has 108 valence electrons. The van der Waals surface area contributed by atoms with E-state index in [0.29, 0.717) is 31.7 Å². The van der Waals surface area contributed by atoms with Gasteiger partial charge in [-0.05, 0) is 12.1 Å². The normalized spacial score (nSPS) is 19.8. The van der Waals surface area contributed by atoms with Gasteiger partial charge >= 0.3 is 0 Å². The number of thiol groups is 1. The standard InChI is InChI=1S/C13H16N2O4S/c16-12(5-6-14-7-8-19-13(20)9-14)10-1-3-11(4-2-10)15(17)18/h1-4,13,20H,5-9H2. The minimum atomic E-state index is -0.477. The van der Waals surface area contributed by atoms with E-state index in [2.05, 4.69) is 17.5 Å². The van der Waals surface area contributed by atoms with Crippen molar-refractivity contribution in [2.45, 2.75) is 11.9 Å². The van der Waals surface area contributed by atoms with Gasteiger partial charge in [0.2, 0.25) is 0 Å². The zero-order valence-electron chi connectivity index (χ0n) is 10.9. The Bertz CT molecular complexity index is 492. The number of hydrogen-bond donors (Lipinski definition) is 1. The molecule has 1 saturated heterocycles. The summed E-state index contributed by atoms with van der Waals surface area (Å²) >= 11 is 4.25. The molecule has 1 atom stereocenters. The summed E-state index contributed by atoms with van der Waals surface area (Å²) in [4.78, 5) is 24.2. The largest absolute Gasteiger partial charge is 0.365 e. The van der Waals surface area contributed by atoms with E-state index in [1.165, 1.54) is 24.3 Å². The number of non-ortho nitro benzene ring substituents is 1. The van der Waals surface area contributed by atoms with Crippen LogP contribution in [0.25, 0.3) is 0 Å². The molecule has 7 heteroatoms. The maximum absolute atomic E-state index is 12.0. The van der Waals surface area contributed by atoms with Gasteiger partial charge < -0.3 is 4.74 Å². The van der Waals surface area contributed by atoms with Crippen LogP contribution in [0.1, 0.15) is 16.8 Å². The van der Waals surface area contributed by atoms with Gasteiger partial charge in [-0.1, -0.05) is 0 Å². The lowest BCUT2D eigenvalue weighted by molar-refractivity contribution is -0.384. The van der Waals surface area contributed by atoms with Gasteiger partial charge in [-0.15, -0.1) is 12.6 Å². The number of hydrogen-bond acceptors (Lipinski definition) is 6. The second-order valence-electron chi connectivity index (χ2n) is 4.60. The number of carbonyl (C=O) groups is 1. The Morgan fingerprint density at radius 1 is 1.45 bits per heavy atom. The molecule has 0 radical (unpaired) electrons. The number of carbonyl (C=O) groups excluding carboxylic acids is 1. The first-order valence-electron chi connectivity index (χ1n) is 6.36. The fourth-order valence-electron chi connectivity index (χ4n) is 2.06. The smallest absolute Gasteiger partial charge is 0.269 e. The summed E-state index contributed by atoms with van der Waals surface area (Å²) in [7, 11) is 0. The van der Waals surface area contributed by atoms with Crippen molar-refractivity contribution in [3.05, 3.63) is 39.9 Å². The van der Waals surface area contributed by atoms with Crippen molar-refractivity contribution in [3.63, 3.8) is 0 Å². The highest BCUT2D eigenvalue weighted by atomic mass is 32.1. The second kappa shape index (κ2) is 6.83. The van der Waals surface area contributed by atoms with Crippen molar-refractivity contribution < 1.29 is 14.5 Å². The molecule has 1 unspecified atom stereocenters. The van der Waals surface area contributed by atoms with E-state index in [0.717, 1.165) is 6.54 Å². The molecule has 0 spiro atoms. The fraction of sp³-hybridized carbons (Fsp3) is 0.462. The summed E-state index contributed by atoms with van der Waals surface area (Å²) in [6.07, 6.45) is 0.387. The van der Waals surface area contributed by atoms with Gasteiger partial charge in [-0.25, -0.2) is 0 Å². The van der Waals surface area contributed by atoms with E-state index in [4.69, 9.17) is 4.74 Å². The van der Waals surface area contributed by atoms with Gasteiger partial charge in [0.25, 0.3) is 5.69 Å². The van der Waals surface area contributed by atoms with Crippen LogP contribution >= 0.6 is 12.6 Å². The molecule has 1 fully saturated rings. The lowest BCUT2D eigenvalue weighted by Crippen LogP contribution is -2.41. The molecular weight excluding hydrogens is 280 g/mol. The zero-order chi connectivity index (χ0) is 14.5. The van der Waals surface area contributed by atoms with Crippen molar-refractivity contribution in [1.29, 1.82) is 0 Å². The molecule has 1 heterocycles. The molecule has 0 bridgehead atoms. The van der Waals surface area contributed by atoms with Gasteiger partial charge in [-0.3, -0.25) is 19.8 Å². The predicted octanol–water partition coefficient (Wildman–Crippen LogP) is 1.76. The summed E-state index contributed by atoms with van der Waals surface area (Å²) in [6, 6.07) is 5.71. The lowest BCUT2D eigenvalue weighted by atomic mass is 10.1. The Kier molecular flexibility index (Phi) is 5.11. The molecule has 0 aliphatic carbocycles. The number of rotatable bonds is 5. The second-order valence-corrected chi connectivity index (χ2v) is 5.18. The van der Waals surface area contributed by atoms with Crippen molar-refractivity contribution in [2.75, 3.05) is 26.2 Å². The van der Waals surface area contributed by atoms with E-state index in [-0.39, 0.29) is 16.9 Å². The molecule has 0 amide bonds. The van der Waals surface area contributed by atoms with E-state index in [9.17, 15) is 14.9 Å². The summed E-state index contributed by atoms with van der Waals surface area (Å²) in [6.45, 7) is 2.78. The van der Waals surface area contributed by atoms with Crippen LogP contribution in [-0.2, 0) is 4.74 Å². The van der Waals surface area contributed by atoms with Gasteiger partial charge in [-0.2, -0.15) is 0 Å². The van der Waals surface area contributed by atoms with E-state index in [1.807, 2.05) is 0 Å². The number of ketones is 1. The average Bonchev–Trinajstić information content (AvgIpc) is 2.45. The summed E-state index contributed by atoms with van der Waals surface area (Å²) in [5.41, 5.74) is 0.400. The first-order chi connectivity index (χ1) is 9.56. The molecule has 1 aliphatic rings. The highest BCUT2D eigenvalue weighted by molar-refractivity contribution is 7.80. The number of nitro groups is 1. The fourth-order valence-corrected chi connectivity index (χ4v) is 2.40. The third-order valence-corrected chi connectivity index (χ3v) is 3.50. The third kappa shape index (κ3) is 4.03. The molecule has 20 heavy (non-hydrogen) atoms. The van der Waals surface area contributed by atoms with Crippen LogP contribution < -0.4 is 0 Å². The Morgan fingerprint density at radius 2 is 2.15 bits per heavy atom. The van der Waals surface area contributed by atoms with Crippen LogP contribution in [0.2, 0.25) is 0 Å². The topological polar surface area (TPSA) is 72.7 Å². The van der Waals surface area contributed by atoms with Gasteiger partial charge in [0.15, 0.2) is 5.78 Å². The first-order valence-corrected chi connectivity index (χ1v) is 6.87. The lowest BCUT2D eigenvalue weighted by Gasteiger charge is -2.30. The van der Waals surface area contributed by atoms with Gasteiger partial charge in [0.1, 0.15) is 5.44 Å². The Balaban J connectivity index is 1.86. The Morgan fingerprint density at radius 3 is 2.75 bits per heavy atom. The Labute approximate surface area is 122 Å². The molecule has 0 N–H and O–H groups in total. The predicted molar refractivity (Wildman–Crippen MR) is 77.2 cm³/mol. The van der Waals surface area contributed by atoms with Crippen LogP contribution in [0.4, 0.5) is 5.69 Å². The van der Waals surface area contributed by atoms with E-state index >= 15 is 0 Å². The molecule has 0 saturated carbocycles. The molecule has 0 aromatic heterocycles. The number of Topliss-reactive ketones (excluding diaryl/α,β-unsaturated/α-hetero) is 1. The molecule has 6 nitrogen and oxygen atoms in total. The summed E-state index contributed by atoms with van der Waals surface area (Å²) in [5, 5.41) is 10.5. The number of benzene rings is 1. The van der Waals surface area contributed by atoms with Crippen LogP contribution in [0.5, 0.6) is 0 Å². The molecule has 1 aliphatic heterocycles. The van der Waals surface area contributed by atoms with Gasteiger partial charge in [0.05, 0.1) is 11.5 Å². The first kappa shape index (κ1) is 15.0. The van der Waals surface area contributed by atoms with Crippen LogP contribution in [-0.4, -0.2) is 47.3 Å². The maximum Gasteiger partial charge on any atom is 0.269 e. The Hall–Kier alpha value is -1.44. The van der Waals surface area contributed by atoms with Crippen LogP contribution in [0.3, 0.4) is 0 Å². The molecule has 2 rings (SSSR count). The highest BCUT2D eigenvalue weighted by Gasteiger charge is 2.18. The van der Waals surface area contributed by atoms with Crippen molar-refractivity contribution >= 4 is 24.1 Å². The quantitative estimate of drug-likeness (QED) is 0.388. The monoisotopic (exact) mass is 296 g/mol. The molecule has 1 aromatic rings. The number of nitro benzene ring substituents is 1.